The highest BCUT2D eigenvalue weighted by molar-refractivity contribution is 5.46. The molecule has 2 aromatic heterocycles. The van der Waals surface area contributed by atoms with Crippen molar-refractivity contribution in [2.45, 2.75) is 40.5 Å². The summed E-state index contributed by atoms with van der Waals surface area (Å²) in [6.45, 7) is 9.12. The van der Waals surface area contributed by atoms with E-state index in [1.54, 1.807) is 0 Å². The maximum absolute atomic E-state index is 4.40. The summed E-state index contributed by atoms with van der Waals surface area (Å²) in [5, 5.41) is 6.24. The molecule has 22 heavy (non-hydrogen) atoms. The lowest BCUT2D eigenvalue weighted by molar-refractivity contribution is 0.815. The summed E-state index contributed by atoms with van der Waals surface area (Å²) >= 11 is 0. The third kappa shape index (κ3) is 5.72. The molecule has 0 amide bonds. The fourth-order valence-corrected chi connectivity index (χ4v) is 2.04. The lowest BCUT2D eigenvalue weighted by Gasteiger charge is -2.16. The number of rotatable bonds is 1. The monoisotopic (exact) mass is 300 g/mol. The SMILES string of the molecule is CC.CNc1ccc(C)cn1.Cc1ccc2c(n1)NCCC2. The van der Waals surface area contributed by atoms with Crippen LogP contribution in [0.15, 0.2) is 30.5 Å². The van der Waals surface area contributed by atoms with Crippen molar-refractivity contribution in [3.8, 4) is 0 Å². The molecule has 0 aromatic carbocycles. The summed E-state index contributed by atoms with van der Waals surface area (Å²) in [5.41, 5.74) is 3.65. The number of nitrogens with zero attached hydrogens (tertiary/aromatic N) is 2. The zero-order chi connectivity index (χ0) is 16.4. The summed E-state index contributed by atoms with van der Waals surface area (Å²) in [7, 11) is 1.86. The van der Waals surface area contributed by atoms with Gasteiger partial charge in [0.15, 0.2) is 0 Å². The van der Waals surface area contributed by atoms with E-state index in [4.69, 9.17) is 0 Å². The molecule has 1 aliphatic rings. The molecule has 1 aliphatic heterocycles. The highest BCUT2D eigenvalue weighted by Gasteiger charge is 2.08. The average Bonchev–Trinajstić information content (AvgIpc) is 2.58. The number of hydrogen-bond acceptors (Lipinski definition) is 4. The van der Waals surface area contributed by atoms with Crippen molar-refractivity contribution >= 4 is 11.6 Å². The first kappa shape index (κ1) is 18.0. The number of hydrogen-bond donors (Lipinski definition) is 2. The fourth-order valence-electron chi connectivity index (χ4n) is 2.04. The Kier molecular flexibility index (Phi) is 7.97. The maximum Gasteiger partial charge on any atom is 0.129 e. The van der Waals surface area contributed by atoms with Crippen LogP contribution in [-0.4, -0.2) is 23.6 Å². The lowest BCUT2D eigenvalue weighted by atomic mass is 10.1. The Morgan fingerprint density at radius 1 is 1.09 bits per heavy atom. The Hall–Kier alpha value is -2.10. The third-order valence-corrected chi connectivity index (χ3v) is 3.20. The second kappa shape index (κ2) is 9.77. The van der Waals surface area contributed by atoms with Crippen molar-refractivity contribution in [1.82, 2.24) is 9.97 Å². The zero-order valence-corrected chi connectivity index (χ0v) is 14.4. The van der Waals surface area contributed by atoms with Crippen LogP contribution in [0.4, 0.5) is 11.6 Å². The van der Waals surface area contributed by atoms with E-state index in [-0.39, 0.29) is 0 Å². The first-order chi connectivity index (χ1) is 10.7. The van der Waals surface area contributed by atoms with Gasteiger partial charge in [-0.3, -0.25) is 0 Å². The number of nitrogens with one attached hydrogen (secondary N) is 2. The van der Waals surface area contributed by atoms with Crippen LogP contribution in [0.3, 0.4) is 0 Å². The van der Waals surface area contributed by atoms with Crippen molar-refractivity contribution in [3.63, 3.8) is 0 Å². The standard InChI is InChI=1S/C9H12N2.C7H10N2.C2H6/c1-7-4-5-8-3-2-6-10-9(8)11-7;1-6-3-4-7(8-2)9-5-6;1-2/h4-5H,2-3,6H2,1H3,(H,10,11);3-5H,1-2H3,(H,8,9);1-2H3. The Balaban J connectivity index is 0.000000202. The molecule has 2 aromatic rings. The van der Waals surface area contributed by atoms with Crippen LogP contribution in [0, 0.1) is 13.8 Å². The molecule has 0 aliphatic carbocycles. The highest BCUT2D eigenvalue weighted by atomic mass is 15.0. The molecule has 0 bridgehead atoms. The first-order valence-electron chi connectivity index (χ1n) is 8.00. The van der Waals surface area contributed by atoms with Crippen LogP contribution in [0.1, 0.15) is 37.1 Å². The van der Waals surface area contributed by atoms with E-state index in [1.807, 2.05) is 53.1 Å². The molecule has 0 saturated carbocycles. The molecule has 0 unspecified atom stereocenters. The van der Waals surface area contributed by atoms with Gasteiger partial charge in [0.2, 0.25) is 0 Å². The van der Waals surface area contributed by atoms with Gasteiger partial charge >= 0.3 is 0 Å². The topological polar surface area (TPSA) is 49.8 Å². The molecular formula is C18H28N4. The highest BCUT2D eigenvalue weighted by Crippen LogP contribution is 2.18. The average molecular weight is 300 g/mol. The van der Waals surface area contributed by atoms with Gasteiger partial charge in [0, 0.05) is 25.5 Å². The van der Waals surface area contributed by atoms with Gasteiger partial charge < -0.3 is 10.6 Å². The number of pyridine rings is 2. The first-order valence-corrected chi connectivity index (χ1v) is 8.00. The van der Waals surface area contributed by atoms with E-state index in [2.05, 4.69) is 32.7 Å². The molecule has 3 rings (SSSR count). The van der Waals surface area contributed by atoms with Gasteiger partial charge in [-0.25, -0.2) is 9.97 Å². The van der Waals surface area contributed by atoms with E-state index >= 15 is 0 Å². The van der Waals surface area contributed by atoms with Crippen LogP contribution >= 0.6 is 0 Å². The number of anilines is 2. The fraction of sp³-hybridized carbons (Fsp3) is 0.444. The van der Waals surface area contributed by atoms with E-state index in [1.165, 1.54) is 24.0 Å². The van der Waals surface area contributed by atoms with E-state index < -0.39 is 0 Å². The number of aromatic nitrogens is 2. The van der Waals surface area contributed by atoms with E-state index in [0.717, 1.165) is 23.9 Å². The normalized spacial score (nSPS) is 11.7. The summed E-state index contributed by atoms with van der Waals surface area (Å²) in [6, 6.07) is 8.23. The summed E-state index contributed by atoms with van der Waals surface area (Å²) < 4.78 is 0. The van der Waals surface area contributed by atoms with Crippen molar-refractivity contribution in [3.05, 3.63) is 47.3 Å². The van der Waals surface area contributed by atoms with Crippen molar-refractivity contribution in [1.29, 1.82) is 0 Å². The molecule has 0 radical (unpaired) electrons. The predicted molar refractivity (Wildman–Crippen MR) is 95.7 cm³/mol. The minimum atomic E-state index is 0.917. The van der Waals surface area contributed by atoms with E-state index in [9.17, 15) is 0 Å². The van der Waals surface area contributed by atoms with Crippen LogP contribution in [-0.2, 0) is 6.42 Å². The summed E-state index contributed by atoms with van der Waals surface area (Å²) in [6.07, 6.45) is 4.25. The zero-order valence-electron chi connectivity index (χ0n) is 14.4. The second-order valence-electron chi connectivity index (χ2n) is 4.96. The van der Waals surface area contributed by atoms with Gasteiger partial charge in [-0.1, -0.05) is 26.0 Å². The largest absolute Gasteiger partial charge is 0.373 e. The molecule has 4 heteroatoms. The predicted octanol–water partition coefficient (Wildman–Crippen LogP) is 4.21. The molecule has 4 nitrogen and oxygen atoms in total. The van der Waals surface area contributed by atoms with Crippen LogP contribution < -0.4 is 10.6 Å². The molecule has 0 fully saturated rings. The molecule has 2 N–H and O–H groups in total. The Morgan fingerprint density at radius 3 is 2.50 bits per heavy atom. The maximum atomic E-state index is 4.40. The Labute approximate surface area is 134 Å². The molecule has 120 valence electrons. The summed E-state index contributed by atoms with van der Waals surface area (Å²) in [5.74, 6) is 2.01. The van der Waals surface area contributed by atoms with Crippen molar-refractivity contribution in [2.24, 2.45) is 0 Å². The van der Waals surface area contributed by atoms with Gasteiger partial charge in [-0.2, -0.15) is 0 Å². The van der Waals surface area contributed by atoms with Crippen molar-refractivity contribution < 1.29 is 0 Å². The third-order valence-electron chi connectivity index (χ3n) is 3.20. The quantitative estimate of drug-likeness (QED) is 0.828. The minimum Gasteiger partial charge on any atom is -0.373 e. The summed E-state index contributed by atoms with van der Waals surface area (Å²) in [4.78, 5) is 8.49. The number of aryl methyl sites for hydroxylation is 3. The molecule has 0 spiro atoms. The van der Waals surface area contributed by atoms with Gasteiger partial charge in [-0.05, 0) is 49.9 Å². The minimum absolute atomic E-state index is 0.917. The van der Waals surface area contributed by atoms with Gasteiger partial charge in [0.05, 0.1) is 0 Å². The van der Waals surface area contributed by atoms with Crippen LogP contribution in [0.25, 0.3) is 0 Å². The van der Waals surface area contributed by atoms with Crippen molar-refractivity contribution in [2.75, 3.05) is 24.2 Å². The molecule has 0 atom stereocenters. The molecule has 0 saturated heterocycles. The molecular weight excluding hydrogens is 272 g/mol. The molecule has 3 heterocycles. The number of fused-ring (bicyclic) bond motifs is 1. The van der Waals surface area contributed by atoms with Crippen LogP contribution in [0.2, 0.25) is 0 Å². The van der Waals surface area contributed by atoms with Gasteiger partial charge in [0.25, 0.3) is 0 Å². The lowest BCUT2D eigenvalue weighted by Crippen LogP contribution is -2.13. The Bertz CT molecular complexity index is 550. The Morgan fingerprint density at radius 2 is 1.86 bits per heavy atom. The second-order valence-corrected chi connectivity index (χ2v) is 4.96. The van der Waals surface area contributed by atoms with Gasteiger partial charge in [0.1, 0.15) is 11.6 Å². The van der Waals surface area contributed by atoms with Crippen LogP contribution in [0.5, 0.6) is 0 Å². The van der Waals surface area contributed by atoms with E-state index in [0.29, 0.717) is 0 Å². The smallest absolute Gasteiger partial charge is 0.129 e. The van der Waals surface area contributed by atoms with Gasteiger partial charge in [-0.15, -0.1) is 0 Å².